The van der Waals surface area contributed by atoms with Crippen LogP contribution in [-0.2, 0) is 4.79 Å². The molecule has 0 aliphatic carbocycles. The summed E-state index contributed by atoms with van der Waals surface area (Å²) in [6.07, 6.45) is 1.71. The lowest BCUT2D eigenvalue weighted by Gasteiger charge is -2.39. The predicted molar refractivity (Wildman–Crippen MR) is 136 cm³/mol. The Balaban J connectivity index is 1.46. The molecule has 1 heterocycles. The third-order valence-electron chi connectivity index (χ3n) is 6.47. The van der Waals surface area contributed by atoms with Gasteiger partial charge in [-0.1, -0.05) is 72.8 Å². The van der Waals surface area contributed by atoms with E-state index in [2.05, 4.69) is 69.7 Å². The highest BCUT2D eigenvalue weighted by molar-refractivity contribution is 6.06. The molecule has 0 saturated carbocycles. The fraction of sp³-hybridized carbons (Fsp3) is 0.241. The summed E-state index contributed by atoms with van der Waals surface area (Å²) in [5.41, 5.74) is 5.51. The Hall–Kier alpha value is -3.88. The Bertz CT molecular complexity index is 1150. The van der Waals surface area contributed by atoms with Gasteiger partial charge in [-0.2, -0.15) is 5.26 Å². The number of nitriles is 1. The van der Waals surface area contributed by atoms with Crippen LogP contribution < -0.4 is 5.32 Å². The molecule has 0 spiro atoms. The second-order valence-electron chi connectivity index (χ2n) is 8.65. The van der Waals surface area contributed by atoms with E-state index < -0.39 is 0 Å². The molecule has 1 fully saturated rings. The summed E-state index contributed by atoms with van der Waals surface area (Å²) < 4.78 is 0. The minimum absolute atomic E-state index is 0.122. The molecule has 1 saturated heterocycles. The lowest BCUT2D eigenvalue weighted by molar-refractivity contribution is -0.112. The van der Waals surface area contributed by atoms with Crippen molar-refractivity contribution in [2.24, 2.45) is 0 Å². The van der Waals surface area contributed by atoms with Crippen LogP contribution in [0.4, 0.5) is 5.69 Å². The molecule has 0 unspecified atom stereocenters. The third-order valence-corrected chi connectivity index (χ3v) is 6.47. The van der Waals surface area contributed by atoms with Gasteiger partial charge in [0.2, 0.25) is 0 Å². The van der Waals surface area contributed by atoms with E-state index in [4.69, 9.17) is 0 Å². The van der Waals surface area contributed by atoms with Crippen LogP contribution in [0.25, 0.3) is 0 Å². The lowest BCUT2D eigenvalue weighted by Crippen LogP contribution is -2.46. The van der Waals surface area contributed by atoms with E-state index in [9.17, 15) is 10.1 Å². The van der Waals surface area contributed by atoms with Gasteiger partial charge in [0.15, 0.2) is 0 Å². The van der Waals surface area contributed by atoms with Gasteiger partial charge < -0.3 is 10.2 Å². The van der Waals surface area contributed by atoms with E-state index in [1.165, 1.54) is 11.1 Å². The maximum absolute atomic E-state index is 12.8. The van der Waals surface area contributed by atoms with Gasteiger partial charge in [0.25, 0.3) is 5.91 Å². The van der Waals surface area contributed by atoms with Gasteiger partial charge in [0, 0.05) is 38.1 Å². The van der Waals surface area contributed by atoms with Crippen molar-refractivity contribution in [1.82, 2.24) is 9.80 Å². The van der Waals surface area contributed by atoms with Crippen molar-refractivity contribution in [3.8, 4) is 6.07 Å². The number of carbonyl (C=O) groups is 1. The second kappa shape index (κ2) is 10.8. The average Bonchev–Trinajstić information content (AvgIpc) is 2.87. The van der Waals surface area contributed by atoms with E-state index in [0.29, 0.717) is 0 Å². The quantitative estimate of drug-likeness (QED) is 0.421. The molecule has 5 nitrogen and oxygen atoms in total. The van der Waals surface area contributed by atoms with Gasteiger partial charge in [0.1, 0.15) is 11.6 Å². The first-order chi connectivity index (χ1) is 16.6. The van der Waals surface area contributed by atoms with Gasteiger partial charge in [-0.3, -0.25) is 9.69 Å². The van der Waals surface area contributed by atoms with Crippen LogP contribution in [0.3, 0.4) is 0 Å². The molecule has 1 N–H and O–H groups in total. The number of anilines is 1. The summed E-state index contributed by atoms with van der Waals surface area (Å²) >= 11 is 0. The minimum Gasteiger partial charge on any atom is -0.374 e. The highest BCUT2D eigenvalue weighted by atomic mass is 16.1. The summed E-state index contributed by atoms with van der Waals surface area (Å²) in [6.45, 7) is 7.14. The zero-order valence-corrected chi connectivity index (χ0v) is 19.7. The van der Waals surface area contributed by atoms with Crippen molar-refractivity contribution in [2.45, 2.75) is 19.9 Å². The van der Waals surface area contributed by atoms with E-state index in [0.717, 1.165) is 43.0 Å². The zero-order valence-electron chi connectivity index (χ0n) is 19.7. The van der Waals surface area contributed by atoms with Crippen LogP contribution in [-0.4, -0.2) is 41.9 Å². The van der Waals surface area contributed by atoms with Crippen LogP contribution >= 0.6 is 0 Å². The molecule has 0 atom stereocenters. The van der Waals surface area contributed by atoms with Crippen LogP contribution in [0.2, 0.25) is 0 Å². The first-order valence-corrected chi connectivity index (χ1v) is 11.6. The van der Waals surface area contributed by atoms with Crippen molar-refractivity contribution < 1.29 is 4.79 Å². The Morgan fingerprint density at radius 3 is 2.03 bits per heavy atom. The highest BCUT2D eigenvalue weighted by Crippen LogP contribution is 2.29. The van der Waals surface area contributed by atoms with Crippen molar-refractivity contribution >= 4 is 11.6 Å². The van der Waals surface area contributed by atoms with Crippen molar-refractivity contribution in [2.75, 3.05) is 31.5 Å². The molecule has 1 aliphatic rings. The van der Waals surface area contributed by atoms with Gasteiger partial charge >= 0.3 is 0 Å². The highest BCUT2D eigenvalue weighted by Gasteiger charge is 2.26. The fourth-order valence-corrected chi connectivity index (χ4v) is 4.41. The summed E-state index contributed by atoms with van der Waals surface area (Å²) in [5.74, 6) is -0.370. The first kappa shape index (κ1) is 23.3. The first-order valence-electron chi connectivity index (χ1n) is 11.6. The molecule has 4 rings (SSSR count). The number of benzene rings is 3. The van der Waals surface area contributed by atoms with Crippen LogP contribution in [0.5, 0.6) is 0 Å². The summed E-state index contributed by atoms with van der Waals surface area (Å²) in [6, 6.07) is 29.1. The van der Waals surface area contributed by atoms with Crippen molar-refractivity contribution in [1.29, 1.82) is 5.26 Å². The molecule has 0 bridgehead atoms. The van der Waals surface area contributed by atoms with Crippen molar-refractivity contribution in [3.63, 3.8) is 0 Å². The molecule has 172 valence electrons. The number of piperazine rings is 1. The van der Waals surface area contributed by atoms with Gasteiger partial charge in [-0.05, 0) is 42.2 Å². The summed E-state index contributed by atoms with van der Waals surface area (Å²) in [7, 11) is 0. The van der Waals surface area contributed by atoms with Gasteiger partial charge in [0.05, 0.1) is 6.04 Å². The van der Waals surface area contributed by atoms with E-state index >= 15 is 0 Å². The number of hydrogen-bond acceptors (Lipinski definition) is 4. The maximum atomic E-state index is 12.8. The average molecular weight is 451 g/mol. The maximum Gasteiger partial charge on any atom is 0.267 e. The van der Waals surface area contributed by atoms with E-state index in [-0.39, 0.29) is 17.5 Å². The molecule has 3 aromatic rings. The SMILES string of the molecule is Cc1cccc(NC(=O)/C(C#N)=C\N2CCN(C(c3ccccc3)c3ccccc3)CC2)c1C. The Morgan fingerprint density at radius 1 is 0.882 bits per heavy atom. The third kappa shape index (κ3) is 5.36. The monoisotopic (exact) mass is 450 g/mol. The van der Waals surface area contributed by atoms with Crippen LogP contribution in [0.15, 0.2) is 90.6 Å². The smallest absolute Gasteiger partial charge is 0.267 e. The Kier molecular flexibility index (Phi) is 7.41. The zero-order chi connectivity index (χ0) is 23.9. The largest absolute Gasteiger partial charge is 0.374 e. The van der Waals surface area contributed by atoms with Crippen LogP contribution in [0, 0.1) is 25.2 Å². The van der Waals surface area contributed by atoms with E-state index in [1.807, 2.05) is 44.2 Å². The number of aryl methyl sites for hydroxylation is 1. The summed E-state index contributed by atoms with van der Waals surface area (Å²) in [4.78, 5) is 17.3. The molecule has 0 aromatic heterocycles. The normalized spacial score (nSPS) is 14.6. The number of carbonyl (C=O) groups excluding carboxylic acids is 1. The molecular weight excluding hydrogens is 420 g/mol. The molecular formula is C29H30N4O. The lowest BCUT2D eigenvalue weighted by atomic mass is 9.96. The molecule has 0 radical (unpaired) electrons. The van der Waals surface area contributed by atoms with E-state index in [1.54, 1.807) is 6.20 Å². The number of nitrogens with zero attached hydrogens (tertiary/aromatic N) is 3. The minimum atomic E-state index is -0.370. The number of rotatable bonds is 6. The number of amides is 1. The van der Waals surface area contributed by atoms with Gasteiger partial charge in [-0.15, -0.1) is 0 Å². The second-order valence-corrected chi connectivity index (χ2v) is 8.65. The number of hydrogen-bond donors (Lipinski definition) is 1. The predicted octanol–water partition coefficient (Wildman–Crippen LogP) is 5.06. The molecule has 3 aromatic carbocycles. The molecule has 34 heavy (non-hydrogen) atoms. The summed E-state index contributed by atoms with van der Waals surface area (Å²) in [5, 5.41) is 12.5. The molecule has 1 aliphatic heterocycles. The Morgan fingerprint density at radius 2 is 1.47 bits per heavy atom. The Labute approximate surface area is 201 Å². The standard InChI is InChI=1S/C29H30N4O/c1-22-10-9-15-27(23(22)2)31-29(34)26(20-30)21-32-16-18-33(19-17-32)28(24-11-5-3-6-12-24)25-13-7-4-8-14-25/h3-15,21,28H,16-19H2,1-2H3,(H,31,34)/b26-21-. The molecule has 5 heteroatoms. The van der Waals surface area contributed by atoms with Gasteiger partial charge in [-0.25, -0.2) is 0 Å². The van der Waals surface area contributed by atoms with Crippen molar-refractivity contribution in [3.05, 3.63) is 113 Å². The number of nitrogens with one attached hydrogen (secondary N) is 1. The topological polar surface area (TPSA) is 59.4 Å². The fourth-order valence-electron chi connectivity index (χ4n) is 4.41. The van der Waals surface area contributed by atoms with Crippen LogP contribution in [0.1, 0.15) is 28.3 Å². The molecule has 1 amide bonds.